The normalized spacial score (nSPS) is 10.8. The Morgan fingerprint density at radius 2 is 1.77 bits per heavy atom. The minimum atomic E-state index is 0.516. The second-order valence-corrected chi connectivity index (χ2v) is 7.10. The van der Waals surface area contributed by atoms with Crippen LogP contribution >= 0.6 is 0 Å². The molecular formula is C23H33NO2. The van der Waals surface area contributed by atoms with Crippen LogP contribution in [-0.2, 0) is 6.54 Å². The summed E-state index contributed by atoms with van der Waals surface area (Å²) in [6.45, 7) is 8.80. The van der Waals surface area contributed by atoms with E-state index in [0.29, 0.717) is 5.92 Å². The molecule has 0 spiro atoms. The highest BCUT2D eigenvalue weighted by Crippen LogP contribution is 2.22. The molecule has 0 saturated heterocycles. The zero-order chi connectivity index (χ0) is 18.6. The standard InChI is InChI=1S/C23H33NO2/c1-4-5-6-9-15-25-22-13-10-12-21(16-22)24-17-20-11-7-8-14-23(20)26-18-19(2)3/h7-8,10-14,16,19,24H,4-6,9,15,17-18H2,1-3H3. The summed E-state index contributed by atoms with van der Waals surface area (Å²) < 4.78 is 11.8. The Labute approximate surface area is 158 Å². The Bertz CT molecular complexity index is 640. The van der Waals surface area contributed by atoms with Crippen LogP contribution in [0.1, 0.15) is 52.0 Å². The molecule has 0 aromatic heterocycles. The Hall–Kier alpha value is -2.16. The second-order valence-electron chi connectivity index (χ2n) is 7.10. The maximum Gasteiger partial charge on any atom is 0.124 e. The summed E-state index contributed by atoms with van der Waals surface area (Å²) in [7, 11) is 0. The van der Waals surface area contributed by atoms with E-state index in [1.807, 2.05) is 24.3 Å². The fraction of sp³-hybridized carbons (Fsp3) is 0.478. The average Bonchev–Trinajstić information content (AvgIpc) is 2.65. The zero-order valence-electron chi connectivity index (χ0n) is 16.5. The van der Waals surface area contributed by atoms with Crippen LogP contribution in [0.4, 0.5) is 5.69 Å². The Morgan fingerprint density at radius 3 is 2.58 bits per heavy atom. The van der Waals surface area contributed by atoms with Crippen molar-refractivity contribution in [2.45, 2.75) is 53.0 Å². The van der Waals surface area contributed by atoms with E-state index >= 15 is 0 Å². The number of rotatable bonds is 12. The lowest BCUT2D eigenvalue weighted by Crippen LogP contribution is -2.08. The lowest BCUT2D eigenvalue weighted by Gasteiger charge is -2.14. The molecule has 0 heterocycles. The molecule has 2 aromatic carbocycles. The molecule has 0 unspecified atom stereocenters. The van der Waals surface area contributed by atoms with Crippen molar-refractivity contribution in [3.63, 3.8) is 0 Å². The summed E-state index contributed by atoms with van der Waals surface area (Å²) in [4.78, 5) is 0. The Kier molecular flexibility index (Phi) is 8.88. The monoisotopic (exact) mass is 355 g/mol. The van der Waals surface area contributed by atoms with Crippen LogP contribution < -0.4 is 14.8 Å². The lowest BCUT2D eigenvalue weighted by molar-refractivity contribution is 0.269. The van der Waals surface area contributed by atoms with Gasteiger partial charge in [0.25, 0.3) is 0 Å². The van der Waals surface area contributed by atoms with E-state index in [2.05, 4.69) is 50.4 Å². The van der Waals surface area contributed by atoms with Crippen LogP contribution in [0.15, 0.2) is 48.5 Å². The van der Waals surface area contributed by atoms with Crippen molar-refractivity contribution in [1.82, 2.24) is 0 Å². The van der Waals surface area contributed by atoms with Crippen molar-refractivity contribution in [1.29, 1.82) is 0 Å². The van der Waals surface area contributed by atoms with E-state index in [0.717, 1.165) is 43.4 Å². The SMILES string of the molecule is CCCCCCOc1cccc(NCc2ccccc2OCC(C)C)c1. The summed E-state index contributed by atoms with van der Waals surface area (Å²) in [6.07, 6.45) is 4.89. The highest BCUT2D eigenvalue weighted by Gasteiger charge is 2.05. The number of unbranched alkanes of at least 4 members (excludes halogenated alkanes) is 3. The third kappa shape index (κ3) is 7.38. The van der Waals surface area contributed by atoms with Crippen LogP contribution in [0.3, 0.4) is 0 Å². The fourth-order valence-electron chi connectivity index (χ4n) is 2.66. The van der Waals surface area contributed by atoms with Gasteiger partial charge in [0.15, 0.2) is 0 Å². The van der Waals surface area contributed by atoms with Crippen molar-refractivity contribution in [2.75, 3.05) is 18.5 Å². The molecule has 0 fully saturated rings. The summed E-state index contributed by atoms with van der Waals surface area (Å²) >= 11 is 0. The molecule has 1 N–H and O–H groups in total. The lowest BCUT2D eigenvalue weighted by atomic mass is 10.2. The summed E-state index contributed by atoms with van der Waals surface area (Å²) in [6, 6.07) is 16.4. The molecule has 26 heavy (non-hydrogen) atoms. The molecule has 0 radical (unpaired) electrons. The fourth-order valence-corrected chi connectivity index (χ4v) is 2.66. The van der Waals surface area contributed by atoms with Crippen LogP contribution in [0.5, 0.6) is 11.5 Å². The number of para-hydroxylation sites is 1. The predicted octanol–water partition coefficient (Wildman–Crippen LogP) is 6.29. The molecule has 0 aliphatic heterocycles. The molecule has 0 atom stereocenters. The van der Waals surface area contributed by atoms with Gasteiger partial charge in [-0.1, -0.05) is 64.3 Å². The molecule has 0 aliphatic carbocycles. The van der Waals surface area contributed by atoms with Gasteiger partial charge in [0.2, 0.25) is 0 Å². The molecule has 3 nitrogen and oxygen atoms in total. The minimum Gasteiger partial charge on any atom is -0.494 e. The maximum absolute atomic E-state index is 5.93. The molecule has 2 aromatic rings. The van der Waals surface area contributed by atoms with Gasteiger partial charge in [0.1, 0.15) is 11.5 Å². The molecule has 0 saturated carbocycles. The van der Waals surface area contributed by atoms with Crippen LogP contribution in [0.2, 0.25) is 0 Å². The Balaban J connectivity index is 1.86. The number of anilines is 1. The van der Waals surface area contributed by atoms with E-state index in [1.165, 1.54) is 24.8 Å². The van der Waals surface area contributed by atoms with Crippen LogP contribution in [0.25, 0.3) is 0 Å². The first kappa shape index (κ1) is 20.2. The van der Waals surface area contributed by atoms with Gasteiger partial charge in [-0.3, -0.25) is 0 Å². The third-order valence-electron chi connectivity index (χ3n) is 4.13. The number of benzene rings is 2. The number of hydrogen-bond acceptors (Lipinski definition) is 3. The van der Waals surface area contributed by atoms with Crippen molar-refractivity contribution in [3.8, 4) is 11.5 Å². The molecule has 2 rings (SSSR count). The number of ether oxygens (including phenoxy) is 2. The molecule has 0 amide bonds. The van der Waals surface area contributed by atoms with Gasteiger partial charge in [0, 0.05) is 23.9 Å². The molecule has 0 bridgehead atoms. The van der Waals surface area contributed by atoms with E-state index < -0.39 is 0 Å². The first-order valence-electron chi connectivity index (χ1n) is 9.86. The van der Waals surface area contributed by atoms with Crippen molar-refractivity contribution < 1.29 is 9.47 Å². The highest BCUT2D eigenvalue weighted by atomic mass is 16.5. The predicted molar refractivity (Wildman–Crippen MR) is 110 cm³/mol. The summed E-state index contributed by atoms with van der Waals surface area (Å²) in [5, 5.41) is 3.48. The van der Waals surface area contributed by atoms with Gasteiger partial charge in [-0.05, 0) is 30.5 Å². The Morgan fingerprint density at radius 1 is 0.923 bits per heavy atom. The smallest absolute Gasteiger partial charge is 0.124 e. The zero-order valence-corrected chi connectivity index (χ0v) is 16.5. The van der Waals surface area contributed by atoms with Gasteiger partial charge >= 0.3 is 0 Å². The first-order chi connectivity index (χ1) is 12.7. The van der Waals surface area contributed by atoms with E-state index in [1.54, 1.807) is 0 Å². The van der Waals surface area contributed by atoms with Gasteiger partial charge in [-0.2, -0.15) is 0 Å². The summed E-state index contributed by atoms with van der Waals surface area (Å²) in [5.74, 6) is 2.40. The minimum absolute atomic E-state index is 0.516. The largest absolute Gasteiger partial charge is 0.494 e. The quantitative estimate of drug-likeness (QED) is 0.454. The van der Waals surface area contributed by atoms with E-state index in [4.69, 9.17) is 9.47 Å². The van der Waals surface area contributed by atoms with Crippen LogP contribution in [0, 0.1) is 5.92 Å². The molecule has 0 aliphatic rings. The van der Waals surface area contributed by atoms with E-state index in [9.17, 15) is 0 Å². The van der Waals surface area contributed by atoms with Gasteiger partial charge in [-0.15, -0.1) is 0 Å². The first-order valence-corrected chi connectivity index (χ1v) is 9.86. The third-order valence-corrected chi connectivity index (χ3v) is 4.13. The van der Waals surface area contributed by atoms with Gasteiger partial charge in [-0.25, -0.2) is 0 Å². The van der Waals surface area contributed by atoms with Crippen LogP contribution in [-0.4, -0.2) is 13.2 Å². The molecule has 3 heteroatoms. The topological polar surface area (TPSA) is 30.5 Å². The molecule has 142 valence electrons. The van der Waals surface area contributed by atoms with Crippen molar-refractivity contribution in [2.24, 2.45) is 5.92 Å². The van der Waals surface area contributed by atoms with E-state index in [-0.39, 0.29) is 0 Å². The second kappa shape index (κ2) is 11.5. The number of hydrogen-bond donors (Lipinski definition) is 1. The highest BCUT2D eigenvalue weighted by molar-refractivity contribution is 5.49. The van der Waals surface area contributed by atoms with Gasteiger partial charge < -0.3 is 14.8 Å². The maximum atomic E-state index is 5.93. The van der Waals surface area contributed by atoms with Crippen molar-refractivity contribution in [3.05, 3.63) is 54.1 Å². The summed E-state index contributed by atoms with van der Waals surface area (Å²) in [5.41, 5.74) is 2.23. The average molecular weight is 356 g/mol. The van der Waals surface area contributed by atoms with Gasteiger partial charge in [0.05, 0.1) is 13.2 Å². The van der Waals surface area contributed by atoms with Crippen molar-refractivity contribution >= 4 is 5.69 Å². The molecular weight excluding hydrogens is 322 g/mol. The number of nitrogens with one attached hydrogen (secondary N) is 1.